The summed E-state index contributed by atoms with van der Waals surface area (Å²) in [5.74, 6) is 0.468. The molecule has 2 aromatic rings. The number of sulfone groups is 1. The molecule has 5 nitrogen and oxygen atoms in total. The number of carbonyl (C=O) groups is 1. The molecule has 3 rings (SSSR count). The summed E-state index contributed by atoms with van der Waals surface area (Å²) >= 11 is 0. The Morgan fingerprint density at radius 3 is 2.23 bits per heavy atom. The van der Waals surface area contributed by atoms with Gasteiger partial charge in [0, 0.05) is 31.6 Å². The van der Waals surface area contributed by atoms with E-state index in [0.29, 0.717) is 22.9 Å². The monoisotopic (exact) mass is 373 g/mol. The van der Waals surface area contributed by atoms with Gasteiger partial charge in [0.25, 0.3) is 5.91 Å². The first kappa shape index (κ1) is 18.6. The topological polar surface area (TPSA) is 72.5 Å². The van der Waals surface area contributed by atoms with Crippen molar-refractivity contribution in [2.75, 3.05) is 26.0 Å². The SMILES string of the molecule is CS(=O)(=O)c1ccc(-c2ccc(C(=O)NCC[C@H]3CCOC3)cc2)cc1. The largest absolute Gasteiger partial charge is 0.381 e. The minimum Gasteiger partial charge on any atom is -0.381 e. The molecular weight excluding hydrogens is 350 g/mol. The molecule has 0 radical (unpaired) electrons. The van der Waals surface area contributed by atoms with Crippen LogP contribution in [-0.4, -0.2) is 40.3 Å². The molecule has 2 aromatic carbocycles. The summed E-state index contributed by atoms with van der Waals surface area (Å²) in [4.78, 5) is 12.5. The average molecular weight is 373 g/mol. The van der Waals surface area contributed by atoms with Crippen LogP contribution in [0.3, 0.4) is 0 Å². The summed E-state index contributed by atoms with van der Waals surface area (Å²) in [5.41, 5.74) is 2.46. The van der Waals surface area contributed by atoms with Crippen molar-refractivity contribution in [3.8, 4) is 11.1 Å². The Bertz CT molecular complexity index is 852. The number of hydrogen-bond acceptors (Lipinski definition) is 4. The summed E-state index contributed by atoms with van der Waals surface area (Å²) in [6.45, 7) is 2.27. The Kier molecular flexibility index (Phi) is 5.74. The summed E-state index contributed by atoms with van der Waals surface area (Å²) in [6, 6.07) is 14.0. The van der Waals surface area contributed by atoms with E-state index in [-0.39, 0.29) is 5.91 Å². The predicted molar refractivity (Wildman–Crippen MR) is 101 cm³/mol. The van der Waals surface area contributed by atoms with Gasteiger partial charge in [0.15, 0.2) is 9.84 Å². The van der Waals surface area contributed by atoms with Crippen LogP contribution in [0.25, 0.3) is 11.1 Å². The first-order valence-corrected chi connectivity index (χ1v) is 10.6. The van der Waals surface area contributed by atoms with Crippen molar-refractivity contribution in [3.05, 3.63) is 54.1 Å². The highest BCUT2D eigenvalue weighted by atomic mass is 32.2. The quantitative estimate of drug-likeness (QED) is 0.845. The highest BCUT2D eigenvalue weighted by molar-refractivity contribution is 7.90. The minimum absolute atomic E-state index is 0.0807. The van der Waals surface area contributed by atoms with Gasteiger partial charge in [-0.2, -0.15) is 0 Å². The van der Waals surface area contributed by atoms with Gasteiger partial charge < -0.3 is 10.1 Å². The molecule has 1 amide bonds. The van der Waals surface area contributed by atoms with E-state index in [1.54, 1.807) is 36.4 Å². The van der Waals surface area contributed by atoms with Gasteiger partial charge in [0.05, 0.1) is 4.90 Å². The van der Waals surface area contributed by atoms with E-state index >= 15 is 0 Å². The molecule has 1 saturated heterocycles. The Labute approximate surface area is 154 Å². The summed E-state index contributed by atoms with van der Waals surface area (Å²) < 4.78 is 28.4. The van der Waals surface area contributed by atoms with Crippen LogP contribution < -0.4 is 5.32 Å². The van der Waals surface area contributed by atoms with Crippen LogP contribution in [0.4, 0.5) is 0 Å². The Morgan fingerprint density at radius 1 is 1.08 bits per heavy atom. The first-order valence-electron chi connectivity index (χ1n) is 8.70. The smallest absolute Gasteiger partial charge is 0.251 e. The van der Waals surface area contributed by atoms with Crippen molar-refractivity contribution < 1.29 is 17.9 Å². The maximum Gasteiger partial charge on any atom is 0.251 e. The molecule has 1 aliphatic rings. The molecule has 1 fully saturated rings. The molecular formula is C20H23NO4S. The van der Waals surface area contributed by atoms with Crippen molar-refractivity contribution in [1.82, 2.24) is 5.32 Å². The number of nitrogens with one attached hydrogen (secondary N) is 1. The van der Waals surface area contributed by atoms with Gasteiger partial charge in [-0.3, -0.25) is 4.79 Å². The fraction of sp³-hybridized carbons (Fsp3) is 0.350. The van der Waals surface area contributed by atoms with Gasteiger partial charge in [-0.25, -0.2) is 8.42 Å². The number of ether oxygens (including phenoxy) is 1. The third kappa shape index (κ3) is 4.71. The number of carbonyl (C=O) groups excluding carboxylic acids is 1. The van der Waals surface area contributed by atoms with E-state index in [1.165, 1.54) is 6.26 Å². The van der Waals surface area contributed by atoms with Crippen molar-refractivity contribution in [3.63, 3.8) is 0 Å². The lowest BCUT2D eigenvalue weighted by molar-refractivity contribution is 0.0950. The highest BCUT2D eigenvalue weighted by Gasteiger charge is 2.15. The third-order valence-corrected chi connectivity index (χ3v) is 5.75. The van der Waals surface area contributed by atoms with Crippen molar-refractivity contribution in [2.45, 2.75) is 17.7 Å². The van der Waals surface area contributed by atoms with E-state index in [9.17, 15) is 13.2 Å². The van der Waals surface area contributed by atoms with Gasteiger partial charge in [-0.05, 0) is 54.2 Å². The second-order valence-electron chi connectivity index (χ2n) is 6.65. The van der Waals surface area contributed by atoms with Crippen LogP contribution in [0.2, 0.25) is 0 Å². The van der Waals surface area contributed by atoms with Gasteiger partial charge >= 0.3 is 0 Å². The van der Waals surface area contributed by atoms with Crippen LogP contribution >= 0.6 is 0 Å². The highest BCUT2D eigenvalue weighted by Crippen LogP contribution is 2.22. The third-order valence-electron chi connectivity index (χ3n) is 4.63. The molecule has 26 heavy (non-hydrogen) atoms. The molecule has 0 bridgehead atoms. The number of rotatable bonds is 6. The van der Waals surface area contributed by atoms with E-state index in [4.69, 9.17) is 4.74 Å². The summed E-state index contributed by atoms with van der Waals surface area (Å²) in [5, 5.41) is 2.95. The molecule has 0 spiro atoms. The Hall–Kier alpha value is -2.18. The van der Waals surface area contributed by atoms with Crippen LogP contribution in [0.5, 0.6) is 0 Å². The summed E-state index contributed by atoms with van der Waals surface area (Å²) in [7, 11) is -3.20. The molecule has 1 heterocycles. The second-order valence-corrected chi connectivity index (χ2v) is 8.66. The minimum atomic E-state index is -3.20. The number of amides is 1. The lowest BCUT2D eigenvalue weighted by atomic mass is 10.0. The fourth-order valence-corrected chi connectivity index (χ4v) is 3.64. The Morgan fingerprint density at radius 2 is 1.69 bits per heavy atom. The van der Waals surface area contributed by atoms with Crippen LogP contribution in [0.1, 0.15) is 23.2 Å². The standard InChI is InChI=1S/C20H23NO4S/c1-26(23,24)19-8-6-17(7-9-19)16-2-4-18(5-3-16)20(22)21-12-10-15-11-13-25-14-15/h2-9,15H,10-14H2,1H3,(H,21,22)/t15-/m0/s1. The van der Waals surface area contributed by atoms with Crippen molar-refractivity contribution in [2.24, 2.45) is 5.92 Å². The molecule has 1 atom stereocenters. The number of hydrogen-bond donors (Lipinski definition) is 1. The predicted octanol–water partition coefficient (Wildman–Crippen LogP) is 2.91. The average Bonchev–Trinajstić information content (AvgIpc) is 3.15. The summed E-state index contributed by atoms with van der Waals surface area (Å²) in [6.07, 6.45) is 3.20. The zero-order chi connectivity index (χ0) is 18.6. The van der Waals surface area contributed by atoms with E-state index in [2.05, 4.69) is 5.32 Å². The molecule has 0 saturated carbocycles. The molecule has 0 aromatic heterocycles. The molecule has 6 heteroatoms. The molecule has 138 valence electrons. The van der Waals surface area contributed by atoms with Gasteiger partial charge in [-0.1, -0.05) is 24.3 Å². The lowest BCUT2D eigenvalue weighted by Gasteiger charge is -2.09. The zero-order valence-corrected chi connectivity index (χ0v) is 15.6. The fourth-order valence-electron chi connectivity index (χ4n) is 3.01. The van der Waals surface area contributed by atoms with Crippen LogP contribution in [-0.2, 0) is 14.6 Å². The van der Waals surface area contributed by atoms with Crippen LogP contribution in [0, 0.1) is 5.92 Å². The van der Waals surface area contributed by atoms with Crippen molar-refractivity contribution >= 4 is 15.7 Å². The van der Waals surface area contributed by atoms with E-state index in [0.717, 1.165) is 37.2 Å². The second kappa shape index (κ2) is 8.01. The molecule has 1 aliphatic heterocycles. The molecule has 0 unspecified atom stereocenters. The maximum absolute atomic E-state index is 12.2. The zero-order valence-electron chi connectivity index (χ0n) is 14.8. The molecule has 0 aliphatic carbocycles. The van der Waals surface area contributed by atoms with Crippen LogP contribution in [0.15, 0.2) is 53.4 Å². The lowest BCUT2D eigenvalue weighted by Crippen LogP contribution is -2.26. The first-order chi connectivity index (χ1) is 12.4. The van der Waals surface area contributed by atoms with E-state index in [1.807, 2.05) is 12.1 Å². The van der Waals surface area contributed by atoms with Gasteiger partial charge in [0.2, 0.25) is 0 Å². The Balaban J connectivity index is 1.59. The molecule has 1 N–H and O–H groups in total. The number of benzene rings is 2. The maximum atomic E-state index is 12.2. The van der Waals surface area contributed by atoms with Crippen molar-refractivity contribution in [1.29, 1.82) is 0 Å². The normalized spacial score (nSPS) is 17.2. The van der Waals surface area contributed by atoms with Gasteiger partial charge in [0.1, 0.15) is 0 Å². The van der Waals surface area contributed by atoms with E-state index < -0.39 is 9.84 Å². The van der Waals surface area contributed by atoms with Gasteiger partial charge in [-0.15, -0.1) is 0 Å².